The van der Waals surface area contributed by atoms with Crippen LogP contribution in [0.15, 0.2) is 36.1 Å². The molecule has 1 heterocycles. The van der Waals surface area contributed by atoms with E-state index in [1.807, 2.05) is 0 Å². The maximum Gasteiger partial charge on any atom is 0.119 e. The van der Waals surface area contributed by atoms with E-state index < -0.39 is 0 Å². The SMILES string of the molecule is C1=C/C(OC2CCC3(CCNCC3)CC2)=C\C=C\CC\1. The summed E-state index contributed by atoms with van der Waals surface area (Å²) >= 11 is 0. The second kappa shape index (κ2) is 6.62. The number of ether oxygens (including phenoxy) is 1. The number of rotatable bonds is 2. The zero-order valence-corrected chi connectivity index (χ0v) is 12.4. The molecule has 1 aliphatic heterocycles. The molecule has 0 bridgehead atoms. The Hall–Kier alpha value is -1.02. The van der Waals surface area contributed by atoms with Crippen LogP contribution in [0.1, 0.15) is 51.4 Å². The molecule has 1 spiro atoms. The highest BCUT2D eigenvalue weighted by Gasteiger charge is 2.36. The molecule has 0 radical (unpaired) electrons. The molecule has 1 saturated heterocycles. The third kappa shape index (κ3) is 3.54. The number of hydrogen-bond acceptors (Lipinski definition) is 2. The zero-order valence-electron chi connectivity index (χ0n) is 12.4. The largest absolute Gasteiger partial charge is 0.490 e. The molecule has 0 aromatic carbocycles. The molecule has 1 saturated carbocycles. The highest BCUT2D eigenvalue weighted by Crippen LogP contribution is 2.44. The average Bonchev–Trinajstić information content (AvgIpc) is 2.45. The van der Waals surface area contributed by atoms with Gasteiger partial charge < -0.3 is 10.1 Å². The van der Waals surface area contributed by atoms with E-state index in [-0.39, 0.29) is 0 Å². The van der Waals surface area contributed by atoms with Crippen LogP contribution in [0.3, 0.4) is 0 Å². The summed E-state index contributed by atoms with van der Waals surface area (Å²) in [5, 5.41) is 3.49. The van der Waals surface area contributed by atoms with Crippen LogP contribution in [0, 0.1) is 5.41 Å². The molecular weight excluding hydrogens is 246 g/mol. The van der Waals surface area contributed by atoms with Gasteiger partial charge in [-0.2, -0.15) is 0 Å². The van der Waals surface area contributed by atoms with Gasteiger partial charge in [-0.25, -0.2) is 0 Å². The van der Waals surface area contributed by atoms with Gasteiger partial charge in [-0.05, 0) is 82.0 Å². The fraction of sp³-hybridized carbons (Fsp3) is 0.667. The Kier molecular flexibility index (Phi) is 4.62. The van der Waals surface area contributed by atoms with E-state index in [9.17, 15) is 0 Å². The van der Waals surface area contributed by atoms with Gasteiger partial charge in [0.25, 0.3) is 0 Å². The first-order valence-corrected chi connectivity index (χ1v) is 8.27. The van der Waals surface area contributed by atoms with E-state index in [2.05, 4.69) is 35.7 Å². The Morgan fingerprint density at radius 1 is 1.00 bits per heavy atom. The Balaban J connectivity index is 1.53. The van der Waals surface area contributed by atoms with Crippen LogP contribution in [0.4, 0.5) is 0 Å². The normalized spacial score (nSPS) is 32.7. The van der Waals surface area contributed by atoms with Crippen molar-refractivity contribution in [2.75, 3.05) is 13.1 Å². The van der Waals surface area contributed by atoms with Crippen LogP contribution in [0.2, 0.25) is 0 Å². The summed E-state index contributed by atoms with van der Waals surface area (Å²) in [6, 6.07) is 0. The van der Waals surface area contributed by atoms with Crippen LogP contribution >= 0.6 is 0 Å². The van der Waals surface area contributed by atoms with Crippen LogP contribution in [0.5, 0.6) is 0 Å². The van der Waals surface area contributed by atoms with Crippen molar-refractivity contribution in [2.24, 2.45) is 5.41 Å². The minimum absolute atomic E-state index is 0.430. The Morgan fingerprint density at radius 2 is 1.75 bits per heavy atom. The highest BCUT2D eigenvalue weighted by atomic mass is 16.5. The van der Waals surface area contributed by atoms with Crippen LogP contribution < -0.4 is 5.32 Å². The smallest absolute Gasteiger partial charge is 0.119 e. The second-order valence-electron chi connectivity index (χ2n) is 6.54. The lowest BCUT2D eigenvalue weighted by Crippen LogP contribution is -2.40. The van der Waals surface area contributed by atoms with Gasteiger partial charge in [0, 0.05) is 0 Å². The highest BCUT2D eigenvalue weighted by molar-refractivity contribution is 5.20. The second-order valence-corrected chi connectivity index (χ2v) is 6.54. The van der Waals surface area contributed by atoms with Gasteiger partial charge in [0.2, 0.25) is 0 Å². The van der Waals surface area contributed by atoms with Crippen molar-refractivity contribution in [3.05, 3.63) is 36.1 Å². The minimum atomic E-state index is 0.430. The summed E-state index contributed by atoms with van der Waals surface area (Å²) < 4.78 is 6.21. The lowest BCUT2D eigenvalue weighted by molar-refractivity contribution is 0.0256. The van der Waals surface area contributed by atoms with E-state index in [4.69, 9.17) is 4.74 Å². The summed E-state index contributed by atoms with van der Waals surface area (Å²) in [5.74, 6) is 1.05. The number of allylic oxidation sites excluding steroid dienone is 5. The predicted molar refractivity (Wildman–Crippen MR) is 83.5 cm³/mol. The van der Waals surface area contributed by atoms with Crippen molar-refractivity contribution in [1.29, 1.82) is 0 Å². The van der Waals surface area contributed by atoms with E-state index >= 15 is 0 Å². The van der Waals surface area contributed by atoms with Crippen LogP contribution in [-0.2, 0) is 4.74 Å². The van der Waals surface area contributed by atoms with Gasteiger partial charge in [-0.15, -0.1) is 0 Å². The van der Waals surface area contributed by atoms with E-state index in [0.717, 1.165) is 18.6 Å². The summed E-state index contributed by atoms with van der Waals surface area (Å²) in [6.07, 6.45) is 21.4. The van der Waals surface area contributed by atoms with Crippen molar-refractivity contribution in [3.63, 3.8) is 0 Å². The van der Waals surface area contributed by atoms with Gasteiger partial charge in [0.1, 0.15) is 5.76 Å². The molecule has 2 fully saturated rings. The zero-order chi connectivity index (χ0) is 13.7. The van der Waals surface area contributed by atoms with Crippen molar-refractivity contribution in [3.8, 4) is 0 Å². The molecule has 20 heavy (non-hydrogen) atoms. The number of nitrogens with one attached hydrogen (secondary N) is 1. The topological polar surface area (TPSA) is 21.3 Å². The van der Waals surface area contributed by atoms with E-state index in [1.165, 1.54) is 51.6 Å². The van der Waals surface area contributed by atoms with Gasteiger partial charge >= 0.3 is 0 Å². The van der Waals surface area contributed by atoms with Crippen molar-refractivity contribution in [2.45, 2.75) is 57.5 Å². The molecule has 2 nitrogen and oxygen atoms in total. The maximum atomic E-state index is 6.21. The molecule has 2 heteroatoms. The molecule has 110 valence electrons. The molecule has 2 aliphatic carbocycles. The van der Waals surface area contributed by atoms with E-state index in [0.29, 0.717) is 11.5 Å². The quantitative estimate of drug-likeness (QED) is 0.817. The predicted octanol–water partition coefficient (Wildman–Crippen LogP) is 4.11. The monoisotopic (exact) mass is 273 g/mol. The van der Waals surface area contributed by atoms with Crippen molar-refractivity contribution in [1.82, 2.24) is 5.32 Å². The number of piperidine rings is 1. The number of hydrogen-bond donors (Lipinski definition) is 1. The van der Waals surface area contributed by atoms with E-state index in [1.54, 1.807) is 0 Å². The first-order chi connectivity index (χ1) is 9.86. The molecule has 1 N–H and O–H groups in total. The average molecular weight is 273 g/mol. The van der Waals surface area contributed by atoms with Gasteiger partial charge in [0.05, 0.1) is 6.10 Å². The molecule has 0 unspecified atom stereocenters. The summed E-state index contributed by atoms with van der Waals surface area (Å²) in [4.78, 5) is 0. The van der Waals surface area contributed by atoms with Crippen LogP contribution in [0.25, 0.3) is 0 Å². The molecule has 0 aromatic heterocycles. The summed E-state index contributed by atoms with van der Waals surface area (Å²) in [7, 11) is 0. The molecule has 0 amide bonds. The Labute approximate surface area is 123 Å². The summed E-state index contributed by atoms with van der Waals surface area (Å²) in [6.45, 7) is 2.43. The summed E-state index contributed by atoms with van der Waals surface area (Å²) in [5.41, 5.74) is 0.635. The lowest BCUT2D eigenvalue weighted by Gasteiger charge is -2.43. The minimum Gasteiger partial charge on any atom is -0.490 e. The maximum absolute atomic E-state index is 6.21. The third-order valence-electron chi connectivity index (χ3n) is 5.14. The van der Waals surface area contributed by atoms with Crippen molar-refractivity contribution < 1.29 is 4.74 Å². The van der Waals surface area contributed by atoms with Crippen LogP contribution in [-0.4, -0.2) is 19.2 Å². The third-order valence-corrected chi connectivity index (χ3v) is 5.14. The van der Waals surface area contributed by atoms with Gasteiger partial charge in [-0.3, -0.25) is 0 Å². The Bertz CT molecular complexity index is 392. The molecular formula is C18H27NO. The standard InChI is InChI=1S/C18H27NO/c1-2-4-6-16(7-5-3-1)20-17-8-10-18(11-9-17)12-14-19-15-13-18/h2,4-7,17,19H,1,3,8-15H2/b4-2+,7-5-,16-6+. The van der Waals surface area contributed by atoms with Gasteiger partial charge in [-0.1, -0.05) is 18.2 Å². The molecule has 0 atom stereocenters. The fourth-order valence-electron chi connectivity index (χ4n) is 3.76. The lowest BCUT2D eigenvalue weighted by atomic mass is 9.68. The van der Waals surface area contributed by atoms with Crippen molar-refractivity contribution >= 4 is 0 Å². The Morgan fingerprint density at radius 3 is 2.55 bits per heavy atom. The molecule has 3 rings (SSSR count). The fourth-order valence-corrected chi connectivity index (χ4v) is 3.76. The molecule has 3 aliphatic rings. The first kappa shape index (κ1) is 13.9. The first-order valence-electron chi connectivity index (χ1n) is 8.27. The van der Waals surface area contributed by atoms with Gasteiger partial charge in [0.15, 0.2) is 0 Å². The molecule has 0 aromatic rings.